The molecule has 2 aliphatic carbocycles. The monoisotopic (exact) mass is 727 g/mol. The number of hydrogen-bond donors (Lipinski definition) is 0. The van der Waals surface area contributed by atoms with Crippen LogP contribution in [0.3, 0.4) is 0 Å². The fourth-order valence-corrected chi connectivity index (χ4v) is 10.2. The molecule has 0 spiro atoms. The van der Waals surface area contributed by atoms with Gasteiger partial charge in [-0.25, -0.2) is 0 Å². The Hall–Kier alpha value is -6.96. The summed E-state index contributed by atoms with van der Waals surface area (Å²) in [6, 6.07) is 78.8. The van der Waals surface area contributed by atoms with Crippen molar-refractivity contribution >= 4 is 27.8 Å². The first kappa shape index (κ1) is 33.4. The third-order valence-electron chi connectivity index (χ3n) is 12.7. The molecule has 0 amide bonds. The van der Waals surface area contributed by atoms with Gasteiger partial charge in [-0.3, -0.25) is 0 Å². The SMILES string of the molecule is CC1(C)c2ccccc2-c2ccc(N(c3cccc(-c4cccc5ccccc45)c3)c3cccc4c3-c3ccccc3C4(c3ccccc3)c3ccccc3)cc21. The standard InChI is InChI=1S/C56H41N/c1-55(2)49-30-13-11-27-46(49)47-35-34-43(37-52(47)55)57(42-25-15-20-39(36-42)45-29-16-19-38-18-9-10-26-44(38)45)53-33-17-32-51-54(53)48-28-12-14-31-50(48)56(51,40-21-5-3-6-22-40)41-23-7-4-8-24-41/h3-37H,1-2H3. The lowest BCUT2D eigenvalue weighted by atomic mass is 9.68. The summed E-state index contributed by atoms with van der Waals surface area (Å²) >= 11 is 0. The summed E-state index contributed by atoms with van der Waals surface area (Å²) in [6.45, 7) is 4.74. The van der Waals surface area contributed by atoms with Gasteiger partial charge in [0, 0.05) is 22.4 Å². The molecule has 0 aliphatic heterocycles. The molecule has 57 heavy (non-hydrogen) atoms. The summed E-state index contributed by atoms with van der Waals surface area (Å²) in [6.07, 6.45) is 0. The molecule has 0 aromatic heterocycles. The third kappa shape index (κ3) is 4.89. The van der Waals surface area contributed by atoms with Gasteiger partial charge in [-0.1, -0.05) is 196 Å². The molecule has 0 heterocycles. The average Bonchev–Trinajstić information content (AvgIpc) is 3.70. The van der Waals surface area contributed by atoms with Crippen LogP contribution in [0.2, 0.25) is 0 Å². The summed E-state index contributed by atoms with van der Waals surface area (Å²) in [4.78, 5) is 2.52. The number of benzene rings is 9. The van der Waals surface area contributed by atoms with Crippen LogP contribution in [-0.2, 0) is 10.8 Å². The lowest BCUT2D eigenvalue weighted by molar-refractivity contribution is 0.660. The molecular formula is C56H41N. The van der Waals surface area contributed by atoms with Crippen LogP contribution >= 0.6 is 0 Å². The molecule has 0 saturated heterocycles. The summed E-state index contributed by atoms with van der Waals surface area (Å²) < 4.78 is 0. The maximum Gasteiger partial charge on any atom is 0.0714 e. The Balaban J connectivity index is 1.20. The second-order valence-electron chi connectivity index (χ2n) is 16.0. The summed E-state index contributed by atoms with van der Waals surface area (Å²) in [7, 11) is 0. The second-order valence-corrected chi connectivity index (χ2v) is 16.0. The lowest BCUT2D eigenvalue weighted by Gasteiger charge is -2.34. The van der Waals surface area contributed by atoms with E-state index in [1.54, 1.807) is 0 Å². The van der Waals surface area contributed by atoms with Crippen LogP contribution in [0.5, 0.6) is 0 Å². The van der Waals surface area contributed by atoms with Gasteiger partial charge in [0.2, 0.25) is 0 Å². The molecule has 0 unspecified atom stereocenters. The topological polar surface area (TPSA) is 3.24 Å². The number of fused-ring (bicyclic) bond motifs is 7. The Morgan fingerprint density at radius 2 is 0.930 bits per heavy atom. The highest BCUT2D eigenvalue weighted by Gasteiger charge is 2.47. The maximum atomic E-state index is 2.52. The predicted molar refractivity (Wildman–Crippen MR) is 239 cm³/mol. The number of anilines is 3. The molecule has 2 aliphatic rings. The van der Waals surface area contributed by atoms with E-state index in [0.29, 0.717) is 0 Å². The van der Waals surface area contributed by atoms with Crippen LogP contribution in [0.25, 0.3) is 44.2 Å². The van der Waals surface area contributed by atoms with Crippen molar-refractivity contribution in [3.63, 3.8) is 0 Å². The minimum atomic E-state index is -0.498. The fraction of sp³-hybridized carbons (Fsp3) is 0.0714. The molecule has 1 nitrogen and oxygen atoms in total. The van der Waals surface area contributed by atoms with E-state index >= 15 is 0 Å². The van der Waals surface area contributed by atoms with Gasteiger partial charge >= 0.3 is 0 Å². The summed E-state index contributed by atoms with van der Waals surface area (Å²) in [5, 5.41) is 2.50. The van der Waals surface area contributed by atoms with Crippen molar-refractivity contribution in [2.45, 2.75) is 24.7 Å². The molecule has 0 fully saturated rings. The first-order chi connectivity index (χ1) is 28.0. The molecule has 0 N–H and O–H groups in total. The maximum absolute atomic E-state index is 2.52. The summed E-state index contributed by atoms with van der Waals surface area (Å²) in [5.41, 5.74) is 18.3. The lowest BCUT2D eigenvalue weighted by Crippen LogP contribution is -2.28. The van der Waals surface area contributed by atoms with Crippen molar-refractivity contribution in [3.8, 4) is 33.4 Å². The zero-order valence-electron chi connectivity index (χ0n) is 32.2. The van der Waals surface area contributed by atoms with Crippen molar-refractivity contribution in [2.75, 3.05) is 4.90 Å². The Morgan fingerprint density at radius 3 is 1.72 bits per heavy atom. The fourth-order valence-electron chi connectivity index (χ4n) is 10.2. The number of rotatable bonds is 6. The molecule has 270 valence electrons. The Morgan fingerprint density at radius 1 is 0.368 bits per heavy atom. The van der Waals surface area contributed by atoms with E-state index in [4.69, 9.17) is 0 Å². The minimum Gasteiger partial charge on any atom is -0.310 e. The molecule has 0 radical (unpaired) electrons. The van der Waals surface area contributed by atoms with Crippen LogP contribution in [-0.4, -0.2) is 0 Å². The van der Waals surface area contributed by atoms with Crippen LogP contribution in [0.15, 0.2) is 212 Å². The molecule has 1 heteroatoms. The normalized spacial score (nSPS) is 14.1. The Bertz CT molecular complexity index is 2950. The van der Waals surface area contributed by atoms with Gasteiger partial charge in [-0.2, -0.15) is 0 Å². The third-order valence-corrected chi connectivity index (χ3v) is 12.7. The van der Waals surface area contributed by atoms with E-state index in [9.17, 15) is 0 Å². The van der Waals surface area contributed by atoms with Crippen molar-refractivity contribution in [2.24, 2.45) is 0 Å². The van der Waals surface area contributed by atoms with Gasteiger partial charge in [0.1, 0.15) is 0 Å². The smallest absolute Gasteiger partial charge is 0.0714 e. The Labute approximate surface area is 335 Å². The average molecular weight is 728 g/mol. The molecule has 9 aromatic carbocycles. The zero-order chi connectivity index (χ0) is 38.1. The van der Waals surface area contributed by atoms with Gasteiger partial charge in [0.05, 0.1) is 11.1 Å². The van der Waals surface area contributed by atoms with Crippen molar-refractivity contribution in [3.05, 3.63) is 246 Å². The molecule has 0 saturated carbocycles. The van der Waals surface area contributed by atoms with Gasteiger partial charge in [0.25, 0.3) is 0 Å². The van der Waals surface area contributed by atoms with Gasteiger partial charge in [-0.15, -0.1) is 0 Å². The van der Waals surface area contributed by atoms with Gasteiger partial charge in [0.15, 0.2) is 0 Å². The number of hydrogen-bond acceptors (Lipinski definition) is 1. The van der Waals surface area contributed by atoms with Crippen molar-refractivity contribution in [1.82, 2.24) is 0 Å². The largest absolute Gasteiger partial charge is 0.310 e. The highest BCUT2D eigenvalue weighted by Crippen LogP contribution is 2.60. The van der Waals surface area contributed by atoms with E-state index < -0.39 is 5.41 Å². The number of nitrogens with zero attached hydrogens (tertiary/aromatic N) is 1. The van der Waals surface area contributed by atoms with E-state index in [1.165, 1.54) is 77.5 Å². The molecule has 0 bridgehead atoms. The van der Waals surface area contributed by atoms with Gasteiger partial charge in [-0.05, 0) is 102 Å². The molecule has 11 rings (SSSR count). The predicted octanol–water partition coefficient (Wildman–Crippen LogP) is 14.6. The highest BCUT2D eigenvalue weighted by atomic mass is 15.1. The van der Waals surface area contributed by atoms with Crippen LogP contribution in [0, 0.1) is 0 Å². The zero-order valence-corrected chi connectivity index (χ0v) is 32.2. The Kier molecular flexibility index (Phi) is 7.50. The summed E-state index contributed by atoms with van der Waals surface area (Å²) in [5.74, 6) is 0. The van der Waals surface area contributed by atoms with E-state index in [1.807, 2.05) is 0 Å². The van der Waals surface area contributed by atoms with Crippen LogP contribution < -0.4 is 4.90 Å². The quantitative estimate of drug-likeness (QED) is 0.165. The second kappa shape index (κ2) is 12.8. The highest BCUT2D eigenvalue weighted by molar-refractivity contribution is 6.00. The first-order valence-corrected chi connectivity index (χ1v) is 20.0. The molecular weight excluding hydrogens is 687 g/mol. The van der Waals surface area contributed by atoms with Crippen molar-refractivity contribution < 1.29 is 0 Å². The van der Waals surface area contributed by atoms with E-state index in [-0.39, 0.29) is 5.41 Å². The van der Waals surface area contributed by atoms with Gasteiger partial charge < -0.3 is 4.90 Å². The molecule has 0 atom stereocenters. The minimum absolute atomic E-state index is 0.139. The van der Waals surface area contributed by atoms with Crippen molar-refractivity contribution in [1.29, 1.82) is 0 Å². The first-order valence-electron chi connectivity index (χ1n) is 20.0. The van der Waals surface area contributed by atoms with E-state index in [2.05, 4.69) is 231 Å². The van der Waals surface area contributed by atoms with Crippen LogP contribution in [0.1, 0.15) is 47.2 Å². The van der Waals surface area contributed by atoms with E-state index in [0.717, 1.165) is 17.1 Å². The van der Waals surface area contributed by atoms with Crippen LogP contribution in [0.4, 0.5) is 17.1 Å². The molecule has 9 aromatic rings.